The molecule has 0 bridgehead atoms. The van der Waals surface area contributed by atoms with E-state index in [2.05, 4.69) is 13.8 Å². The minimum atomic E-state index is -1.34. The second-order valence-corrected chi connectivity index (χ2v) is 5.79. The van der Waals surface area contributed by atoms with E-state index in [1.807, 2.05) is 6.08 Å². The van der Waals surface area contributed by atoms with Crippen LogP contribution >= 0.6 is 0 Å². The summed E-state index contributed by atoms with van der Waals surface area (Å²) in [5.41, 5.74) is 1.42. The van der Waals surface area contributed by atoms with Crippen molar-refractivity contribution in [3.8, 4) is 0 Å². The zero-order chi connectivity index (χ0) is 14.7. The van der Waals surface area contributed by atoms with Crippen LogP contribution in [0, 0.1) is 11.8 Å². The summed E-state index contributed by atoms with van der Waals surface area (Å²) in [5, 5.41) is 0. The maximum atomic E-state index is 14.2. The Hall–Kier alpha value is -1.25. The Morgan fingerprint density at radius 1 is 1.30 bits per heavy atom. The number of halogens is 3. The molecule has 2 aliphatic carbocycles. The Bertz CT molecular complexity index is 482. The molecule has 0 saturated heterocycles. The second kappa shape index (κ2) is 6.47. The SMILES string of the molecule is CCC(C)CC1=CCC(C2=CC(F)CC(F)=C2)C(F)=C1. The fourth-order valence-electron chi connectivity index (χ4n) is 2.66. The molecule has 0 spiro atoms. The summed E-state index contributed by atoms with van der Waals surface area (Å²) in [6.45, 7) is 4.24. The molecule has 2 aliphatic rings. The smallest absolute Gasteiger partial charge is 0.125 e. The Balaban J connectivity index is 2.10. The molecular formula is C17H21F3. The van der Waals surface area contributed by atoms with Crippen LogP contribution in [0.1, 0.15) is 39.5 Å². The molecular weight excluding hydrogens is 261 g/mol. The zero-order valence-corrected chi connectivity index (χ0v) is 12.0. The largest absolute Gasteiger partial charge is 0.242 e. The van der Waals surface area contributed by atoms with Gasteiger partial charge in [-0.25, -0.2) is 13.2 Å². The molecule has 3 heteroatoms. The van der Waals surface area contributed by atoms with Crippen LogP contribution in [-0.2, 0) is 0 Å². The van der Waals surface area contributed by atoms with E-state index >= 15 is 0 Å². The number of allylic oxidation sites excluding steroid dienone is 8. The van der Waals surface area contributed by atoms with Crippen LogP contribution in [0.3, 0.4) is 0 Å². The molecule has 0 aromatic heterocycles. The van der Waals surface area contributed by atoms with Crippen molar-refractivity contribution in [2.75, 3.05) is 0 Å². The van der Waals surface area contributed by atoms with Crippen molar-refractivity contribution in [2.24, 2.45) is 11.8 Å². The van der Waals surface area contributed by atoms with Gasteiger partial charge in [0.2, 0.25) is 0 Å². The predicted octanol–water partition coefficient (Wildman–Crippen LogP) is 5.74. The average Bonchev–Trinajstić information content (AvgIpc) is 2.37. The molecule has 0 aromatic carbocycles. The van der Waals surface area contributed by atoms with Gasteiger partial charge in [0.1, 0.15) is 17.8 Å². The van der Waals surface area contributed by atoms with Crippen molar-refractivity contribution in [3.63, 3.8) is 0 Å². The lowest BCUT2D eigenvalue weighted by Gasteiger charge is -2.23. The maximum absolute atomic E-state index is 14.2. The van der Waals surface area contributed by atoms with E-state index in [-0.39, 0.29) is 12.2 Å². The number of hydrogen-bond donors (Lipinski definition) is 0. The molecule has 3 unspecified atom stereocenters. The molecule has 0 heterocycles. The van der Waals surface area contributed by atoms with Crippen molar-refractivity contribution in [1.29, 1.82) is 0 Å². The standard InChI is InChI=1S/C17H21F3/c1-3-11(2)6-12-4-5-16(17(20)7-12)13-8-14(18)10-15(19)9-13/h4,7-9,11,14,16H,3,5-6,10H2,1-2H3. The molecule has 0 fully saturated rings. The lowest BCUT2D eigenvalue weighted by Crippen LogP contribution is -2.13. The minimum absolute atomic E-state index is 0.226. The first-order valence-electron chi connectivity index (χ1n) is 7.27. The highest BCUT2D eigenvalue weighted by Gasteiger charge is 2.25. The third-order valence-corrected chi connectivity index (χ3v) is 4.04. The van der Waals surface area contributed by atoms with E-state index in [1.165, 1.54) is 18.2 Å². The Morgan fingerprint density at radius 3 is 2.65 bits per heavy atom. The molecule has 0 aliphatic heterocycles. The van der Waals surface area contributed by atoms with E-state index in [0.717, 1.165) is 18.4 Å². The van der Waals surface area contributed by atoms with Gasteiger partial charge in [-0.2, -0.15) is 0 Å². The fraction of sp³-hybridized carbons (Fsp3) is 0.529. The van der Waals surface area contributed by atoms with Gasteiger partial charge < -0.3 is 0 Å². The average molecular weight is 282 g/mol. The fourth-order valence-corrected chi connectivity index (χ4v) is 2.66. The first-order valence-corrected chi connectivity index (χ1v) is 7.27. The highest BCUT2D eigenvalue weighted by Crippen LogP contribution is 2.36. The van der Waals surface area contributed by atoms with Crippen molar-refractivity contribution < 1.29 is 13.2 Å². The summed E-state index contributed by atoms with van der Waals surface area (Å²) >= 11 is 0. The van der Waals surface area contributed by atoms with Crippen molar-refractivity contribution in [2.45, 2.75) is 45.7 Å². The van der Waals surface area contributed by atoms with E-state index in [4.69, 9.17) is 0 Å². The van der Waals surface area contributed by atoms with Crippen LogP contribution in [0.5, 0.6) is 0 Å². The summed E-state index contributed by atoms with van der Waals surface area (Å²) in [6.07, 6.45) is 6.98. The van der Waals surface area contributed by atoms with Crippen LogP contribution in [-0.4, -0.2) is 6.17 Å². The monoisotopic (exact) mass is 282 g/mol. The van der Waals surface area contributed by atoms with Gasteiger partial charge in [0, 0.05) is 12.3 Å². The van der Waals surface area contributed by atoms with Gasteiger partial charge in [-0.3, -0.25) is 0 Å². The van der Waals surface area contributed by atoms with Crippen LogP contribution in [0.25, 0.3) is 0 Å². The summed E-state index contributed by atoms with van der Waals surface area (Å²) < 4.78 is 40.8. The molecule has 0 saturated carbocycles. The van der Waals surface area contributed by atoms with Gasteiger partial charge >= 0.3 is 0 Å². The molecule has 20 heavy (non-hydrogen) atoms. The summed E-state index contributed by atoms with van der Waals surface area (Å²) in [4.78, 5) is 0. The Labute approximate surface area is 118 Å². The van der Waals surface area contributed by atoms with Gasteiger partial charge in [-0.05, 0) is 48.1 Å². The molecule has 2 rings (SSSR count). The van der Waals surface area contributed by atoms with Crippen molar-refractivity contribution in [3.05, 3.63) is 47.1 Å². The number of hydrogen-bond acceptors (Lipinski definition) is 0. The third kappa shape index (κ3) is 3.65. The van der Waals surface area contributed by atoms with E-state index < -0.39 is 17.9 Å². The quantitative estimate of drug-likeness (QED) is 0.616. The molecule has 0 N–H and O–H groups in total. The van der Waals surface area contributed by atoms with E-state index in [9.17, 15) is 13.2 Å². The normalized spacial score (nSPS) is 28.2. The van der Waals surface area contributed by atoms with E-state index in [0.29, 0.717) is 17.9 Å². The van der Waals surface area contributed by atoms with Crippen molar-refractivity contribution in [1.82, 2.24) is 0 Å². The van der Waals surface area contributed by atoms with Gasteiger partial charge in [-0.1, -0.05) is 26.3 Å². The summed E-state index contributed by atoms with van der Waals surface area (Å²) in [7, 11) is 0. The van der Waals surface area contributed by atoms with Crippen molar-refractivity contribution >= 4 is 0 Å². The molecule has 0 aromatic rings. The highest BCUT2D eigenvalue weighted by molar-refractivity contribution is 5.39. The Morgan fingerprint density at radius 2 is 2.05 bits per heavy atom. The molecule has 0 amide bonds. The van der Waals surface area contributed by atoms with Gasteiger partial charge in [-0.15, -0.1) is 0 Å². The minimum Gasteiger partial charge on any atom is -0.242 e. The number of alkyl halides is 1. The van der Waals surface area contributed by atoms with Crippen LogP contribution in [0.4, 0.5) is 13.2 Å². The number of rotatable bonds is 4. The maximum Gasteiger partial charge on any atom is 0.125 e. The first-order chi connectivity index (χ1) is 9.49. The Kier molecular flexibility index (Phi) is 4.90. The van der Waals surface area contributed by atoms with Crippen LogP contribution < -0.4 is 0 Å². The lowest BCUT2D eigenvalue weighted by atomic mass is 9.84. The zero-order valence-electron chi connectivity index (χ0n) is 12.0. The van der Waals surface area contributed by atoms with E-state index in [1.54, 1.807) is 0 Å². The highest BCUT2D eigenvalue weighted by atomic mass is 19.1. The van der Waals surface area contributed by atoms with Gasteiger partial charge in [0.05, 0.1) is 0 Å². The lowest BCUT2D eigenvalue weighted by molar-refractivity contribution is 0.362. The molecule has 3 atom stereocenters. The predicted molar refractivity (Wildman–Crippen MR) is 76.2 cm³/mol. The third-order valence-electron chi connectivity index (χ3n) is 4.04. The molecule has 0 radical (unpaired) electrons. The molecule has 0 nitrogen and oxygen atoms in total. The first kappa shape index (κ1) is 15.1. The summed E-state index contributed by atoms with van der Waals surface area (Å²) in [6, 6.07) is 0. The second-order valence-electron chi connectivity index (χ2n) is 5.79. The summed E-state index contributed by atoms with van der Waals surface area (Å²) in [5.74, 6) is -0.796. The molecule has 110 valence electrons. The topological polar surface area (TPSA) is 0 Å². The van der Waals surface area contributed by atoms with Gasteiger partial charge in [0.15, 0.2) is 0 Å². The van der Waals surface area contributed by atoms with Crippen LogP contribution in [0.15, 0.2) is 47.1 Å². The van der Waals surface area contributed by atoms with Gasteiger partial charge in [0.25, 0.3) is 0 Å². The van der Waals surface area contributed by atoms with Crippen LogP contribution in [0.2, 0.25) is 0 Å².